The molecule has 23 heavy (non-hydrogen) atoms. The number of nitrogen functional groups attached to an aromatic ring is 1. The number of nitrogens with zero attached hydrogens (tertiary/aromatic N) is 2. The van der Waals surface area contributed by atoms with Crippen LogP contribution in [0.5, 0.6) is 5.88 Å². The number of piperidine rings is 1. The van der Waals surface area contributed by atoms with Crippen molar-refractivity contribution in [1.29, 1.82) is 0 Å². The van der Waals surface area contributed by atoms with E-state index < -0.39 is 0 Å². The van der Waals surface area contributed by atoms with E-state index in [1.807, 2.05) is 0 Å². The monoisotopic (exact) mass is 312 g/mol. The van der Waals surface area contributed by atoms with Gasteiger partial charge in [0, 0.05) is 0 Å². The normalized spacial score (nSPS) is 24.3. The molecule has 0 radical (unpaired) electrons. The number of ether oxygens (including phenoxy) is 1. The van der Waals surface area contributed by atoms with Crippen molar-refractivity contribution in [3.05, 3.63) is 22.7 Å². The molecule has 0 bridgehead atoms. The van der Waals surface area contributed by atoms with Gasteiger partial charge in [-0.1, -0.05) is 18.2 Å². The van der Waals surface area contributed by atoms with Crippen LogP contribution in [0, 0.1) is 5.92 Å². The molecule has 1 aliphatic heterocycles. The molecule has 0 amide bonds. The molecule has 1 aromatic heterocycles. The van der Waals surface area contributed by atoms with Gasteiger partial charge in [-0.3, -0.25) is 0 Å². The first-order chi connectivity index (χ1) is 11.3. The topological polar surface area (TPSA) is 73.1 Å². The largest absolute Gasteiger partial charge is 0.474 e. The Kier molecular flexibility index (Phi) is 4.04. The molecule has 5 nitrogen and oxygen atoms in total. The van der Waals surface area contributed by atoms with E-state index in [0.717, 1.165) is 49.3 Å². The summed E-state index contributed by atoms with van der Waals surface area (Å²) in [6, 6.07) is 0. The number of aromatic nitrogens is 2. The second-order valence-corrected chi connectivity index (χ2v) is 6.63. The number of nitrogens with one attached hydrogen (secondary N) is 1. The molecule has 1 unspecified atom stereocenters. The fourth-order valence-corrected chi connectivity index (χ4v) is 3.83. The lowest BCUT2D eigenvalue weighted by Gasteiger charge is -2.23. The molecule has 3 N–H and O–H groups in total. The molecule has 5 heteroatoms. The summed E-state index contributed by atoms with van der Waals surface area (Å²) in [5, 5.41) is 5.39. The third kappa shape index (κ3) is 2.98. The van der Waals surface area contributed by atoms with Crippen molar-refractivity contribution >= 4 is 17.6 Å². The lowest BCUT2D eigenvalue weighted by Crippen LogP contribution is -2.39. The highest BCUT2D eigenvalue weighted by Crippen LogP contribution is 2.29. The summed E-state index contributed by atoms with van der Waals surface area (Å²) in [6.07, 6.45) is 13.5. The molecule has 2 heterocycles. The minimum absolute atomic E-state index is 0.217. The van der Waals surface area contributed by atoms with E-state index in [-0.39, 0.29) is 6.10 Å². The summed E-state index contributed by atoms with van der Waals surface area (Å²) in [4.78, 5) is 8.98. The fraction of sp³-hybridized carbons (Fsp3) is 0.556. The molecule has 0 saturated carbocycles. The zero-order valence-corrected chi connectivity index (χ0v) is 13.4. The Balaban J connectivity index is 1.82. The highest BCUT2D eigenvalue weighted by molar-refractivity contribution is 5.61. The molecule has 4 rings (SSSR count). The zero-order chi connectivity index (χ0) is 15.6. The molecule has 1 saturated heterocycles. The standard InChI is InChI=1S/C18H24N4O/c19-18-21-16-14-6-2-1-4-12(14)5-3-7-15(16)17(22-18)23-13-8-10-20-11-9-13/h2,6-7,12-13,20H,1,3-5,8-11H2,(H2,19,21). The molecule has 0 spiro atoms. The van der Waals surface area contributed by atoms with Crippen LogP contribution in [0.15, 0.2) is 12.2 Å². The predicted octanol–water partition coefficient (Wildman–Crippen LogP) is 0.881. The summed E-state index contributed by atoms with van der Waals surface area (Å²) >= 11 is 0. The maximum atomic E-state index is 6.23. The van der Waals surface area contributed by atoms with Crippen molar-refractivity contribution < 1.29 is 4.74 Å². The van der Waals surface area contributed by atoms with Crippen molar-refractivity contribution in [3.8, 4) is 5.88 Å². The number of anilines is 1. The number of hydrogen-bond acceptors (Lipinski definition) is 5. The average molecular weight is 312 g/mol. The summed E-state index contributed by atoms with van der Waals surface area (Å²) in [6.45, 7) is 2.00. The fourth-order valence-electron chi connectivity index (χ4n) is 3.83. The van der Waals surface area contributed by atoms with Gasteiger partial charge in [-0.25, -0.2) is 4.98 Å². The van der Waals surface area contributed by atoms with Crippen LogP contribution in [-0.2, 0) is 0 Å². The van der Waals surface area contributed by atoms with Crippen molar-refractivity contribution in [2.75, 3.05) is 18.8 Å². The number of fused-ring (bicyclic) bond motifs is 2. The molecule has 1 atom stereocenters. The first-order valence-electron chi connectivity index (χ1n) is 8.73. The number of hydrogen-bond donors (Lipinski definition) is 2. The van der Waals surface area contributed by atoms with Crippen LogP contribution in [-0.4, -0.2) is 29.2 Å². The molecular formula is C18H24N4O. The smallest absolute Gasteiger partial charge is 0.226 e. The van der Waals surface area contributed by atoms with Gasteiger partial charge in [0.05, 0.1) is 10.6 Å². The highest BCUT2D eigenvalue weighted by Gasteiger charge is 2.22. The Bertz CT molecular complexity index is 734. The van der Waals surface area contributed by atoms with Gasteiger partial charge in [-0.15, -0.1) is 0 Å². The Morgan fingerprint density at radius 1 is 1.09 bits per heavy atom. The van der Waals surface area contributed by atoms with E-state index in [0.29, 0.717) is 17.7 Å². The summed E-state index contributed by atoms with van der Waals surface area (Å²) in [7, 11) is 0. The van der Waals surface area contributed by atoms with Crippen molar-refractivity contribution in [2.45, 2.75) is 44.6 Å². The third-order valence-electron chi connectivity index (χ3n) is 5.05. The van der Waals surface area contributed by atoms with Gasteiger partial charge in [0.15, 0.2) is 0 Å². The summed E-state index contributed by atoms with van der Waals surface area (Å²) in [5.41, 5.74) is 7.30. The number of nitrogens with two attached hydrogens (primary N) is 1. The zero-order valence-electron chi connectivity index (χ0n) is 13.4. The average Bonchev–Trinajstić information content (AvgIpc) is 2.76. The van der Waals surface area contributed by atoms with Crippen LogP contribution in [0.25, 0.3) is 11.6 Å². The van der Waals surface area contributed by atoms with E-state index in [4.69, 9.17) is 10.5 Å². The molecular weight excluding hydrogens is 288 g/mol. The van der Waals surface area contributed by atoms with E-state index in [1.165, 1.54) is 18.4 Å². The molecule has 2 aliphatic carbocycles. The van der Waals surface area contributed by atoms with Gasteiger partial charge in [0.25, 0.3) is 0 Å². The van der Waals surface area contributed by atoms with Crippen molar-refractivity contribution in [1.82, 2.24) is 15.3 Å². The first-order valence-corrected chi connectivity index (χ1v) is 8.73. The second-order valence-electron chi connectivity index (χ2n) is 6.63. The van der Waals surface area contributed by atoms with E-state index in [9.17, 15) is 0 Å². The lowest BCUT2D eigenvalue weighted by atomic mass is 9.86. The van der Waals surface area contributed by atoms with Gasteiger partial charge < -0.3 is 15.8 Å². The molecule has 122 valence electrons. The van der Waals surface area contributed by atoms with E-state index in [2.05, 4.69) is 33.5 Å². The van der Waals surface area contributed by atoms with Crippen molar-refractivity contribution in [2.24, 2.45) is 5.92 Å². The molecule has 0 aromatic carbocycles. The molecule has 1 fully saturated rings. The van der Waals surface area contributed by atoms with Crippen molar-refractivity contribution in [3.63, 3.8) is 0 Å². The maximum Gasteiger partial charge on any atom is 0.226 e. The predicted molar refractivity (Wildman–Crippen MR) is 91.2 cm³/mol. The Labute approximate surface area is 136 Å². The first kappa shape index (κ1) is 14.7. The van der Waals surface area contributed by atoms with Gasteiger partial charge in [0.2, 0.25) is 11.8 Å². The maximum absolute atomic E-state index is 6.23. The van der Waals surface area contributed by atoms with Crippen LogP contribution in [0.4, 0.5) is 5.95 Å². The SMILES string of the molecule is Nc1nc(OC2CCNCC2)c2c(n1)=C1C=CCCC1CCC=2. The molecule has 3 aliphatic rings. The summed E-state index contributed by atoms with van der Waals surface area (Å²) in [5.74, 6) is 1.57. The number of allylic oxidation sites excluding steroid dienone is 2. The highest BCUT2D eigenvalue weighted by atomic mass is 16.5. The Hall–Kier alpha value is -1.88. The third-order valence-corrected chi connectivity index (χ3v) is 5.05. The van der Waals surface area contributed by atoms with Gasteiger partial charge in [0.1, 0.15) is 6.10 Å². The minimum atomic E-state index is 0.217. The van der Waals surface area contributed by atoms with E-state index in [1.54, 1.807) is 0 Å². The lowest BCUT2D eigenvalue weighted by molar-refractivity contribution is 0.154. The quantitative estimate of drug-likeness (QED) is 0.848. The van der Waals surface area contributed by atoms with Crippen LogP contribution in [0.2, 0.25) is 0 Å². The number of rotatable bonds is 2. The van der Waals surface area contributed by atoms with Gasteiger partial charge in [-0.2, -0.15) is 4.98 Å². The van der Waals surface area contributed by atoms with E-state index >= 15 is 0 Å². The van der Waals surface area contributed by atoms with Gasteiger partial charge in [-0.05, 0) is 63.1 Å². The summed E-state index contributed by atoms with van der Waals surface area (Å²) < 4.78 is 6.23. The van der Waals surface area contributed by atoms with Crippen LogP contribution in [0.1, 0.15) is 38.5 Å². The van der Waals surface area contributed by atoms with Gasteiger partial charge >= 0.3 is 0 Å². The minimum Gasteiger partial charge on any atom is -0.474 e. The Morgan fingerprint density at radius 3 is 2.78 bits per heavy atom. The van der Waals surface area contributed by atoms with Crippen LogP contribution in [0.3, 0.4) is 0 Å². The molecule has 1 aromatic rings. The Morgan fingerprint density at radius 2 is 1.91 bits per heavy atom. The van der Waals surface area contributed by atoms with Crippen LogP contribution >= 0.6 is 0 Å². The van der Waals surface area contributed by atoms with Crippen LogP contribution < -0.4 is 26.4 Å². The second kappa shape index (κ2) is 6.32.